The first-order chi connectivity index (χ1) is 10.4. The van der Waals surface area contributed by atoms with Crippen LogP contribution in [0.3, 0.4) is 0 Å². The normalized spacial score (nSPS) is 20.9. The van der Waals surface area contributed by atoms with Crippen LogP contribution in [0.1, 0.15) is 22.8 Å². The quantitative estimate of drug-likeness (QED) is 0.850. The standard InChI is InChI=1S/C15H21N3O3S.ClH/c1-11-10-16-6-8-17(11)15(19)13-3-4-14-12(9-13)5-7-18(14)22(2,20)21;/h3-4,9,11,16H,5-8,10H2,1-2H3;1H/t11-;/m1./s1. The fourth-order valence-corrected chi connectivity index (χ4v) is 4.12. The highest BCUT2D eigenvalue weighted by Crippen LogP contribution is 2.31. The van der Waals surface area contributed by atoms with Gasteiger partial charge in [0.05, 0.1) is 11.9 Å². The summed E-state index contributed by atoms with van der Waals surface area (Å²) in [7, 11) is -3.25. The summed E-state index contributed by atoms with van der Waals surface area (Å²) in [6.07, 6.45) is 1.87. The van der Waals surface area contributed by atoms with Crippen LogP contribution in [0.25, 0.3) is 0 Å². The van der Waals surface area contributed by atoms with Gasteiger partial charge >= 0.3 is 0 Å². The number of benzene rings is 1. The smallest absolute Gasteiger partial charge is 0.254 e. The maximum Gasteiger partial charge on any atom is 0.254 e. The molecule has 2 aliphatic rings. The number of sulfonamides is 1. The lowest BCUT2D eigenvalue weighted by molar-refractivity contribution is 0.0655. The first-order valence-electron chi connectivity index (χ1n) is 7.50. The SMILES string of the molecule is C[C@@H]1CNCCN1C(=O)c1ccc2c(c1)CCN2S(C)(=O)=O.Cl. The number of fused-ring (bicyclic) bond motifs is 1. The minimum atomic E-state index is -3.25. The van der Waals surface area contributed by atoms with Gasteiger partial charge in [0.25, 0.3) is 5.91 Å². The Labute approximate surface area is 143 Å². The number of amides is 1. The van der Waals surface area contributed by atoms with Crippen molar-refractivity contribution in [2.24, 2.45) is 0 Å². The van der Waals surface area contributed by atoms with E-state index in [1.165, 1.54) is 10.6 Å². The van der Waals surface area contributed by atoms with E-state index in [1.54, 1.807) is 12.1 Å². The zero-order valence-electron chi connectivity index (χ0n) is 13.3. The third kappa shape index (κ3) is 3.46. The molecule has 8 heteroatoms. The highest BCUT2D eigenvalue weighted by atomic mass is 35.5. The Morgan fingerprint density at radius 2 is 2.04 bits per heavy atom. The fraction of sp³-hybridized carbons (Fsp3) is 0.533. The molecule has 0 radical (unpaired) electrons. The van der Waals surface area contributed by atoms with Crippen LogP contribution in [-0.2, 0) is 16.4 Å². The molecule has 23 heavy (non-hydrogen) atoms. The van der Waals surface area contributed by atoms with Crippen molar-refractivity contribution < 1.29 is 13.2 Å². The average molecular weight is 360 g/mol. The number of piperazine rings is 1. The molecule has 1 saturated heterocycles. The Morgan fingerprint density at radius 1 is 1.30 bits per heavy atom. The average Bonchev–Trinajstić information content (AvgIpc) is 2.90. The number of hydrogen-bond donors (Lipinski definition) is 1. The predicted molar refractivity (Wildman–Crippen MR) is 93.0 cm³/mol. The van der Waals surface area contributed by atoms with E-state index in [9.17, 15) is 13.2 Å². The van der Waals surface area contributed by atoms with E-state index in [0.29, 0.717) is 30.8 Å². The molecule has 1 N–H and O–H groups in total. The molecular weight excluding hydrogens is 338 g/mol. The summed E-state index contributed by atoms with van der Waals surface area (Å²) in [4.78, 5) is 14.5. The van der Waals surface area contributed by atoms with E-state index in [2.05, 4.69) is 5.32 Å². The lowest BCUT2D eigenvalue weighted by Crippen LogP contribution is -2.52. The number of rotatable bonds is 2. The van der Waals surface area contributed by atoms with Crippen molar-refractivity contribution in [3.05, 3.63) is 29.3 Å². The second-order valence-corrected chi connectivity index (χ2v) is 7.89. The largest absolute Gasteiger partial charge is 0.333 e. The Hall–Kier alpha value is -1.31. The van der Waals surface area contributed by atoms with Crippen molar-refractivity contribution in [2.45, 2.75) is 19.4 Å². The summed E-state index contributed by atoms with van der Waals surface area (Å²) in [5.74, 6) is 0.0228. The van der Waals surface area contributed by atoms with E-state index in [-0.39, 0.29) is 24.4 Å². The van der Waals surface area contributed by atoms with Crippen LogP contribution < -0.4 is 9.62 Å². The van der Waals surface area contributed by atoms with Gasteiger partial charge < -0.3 is 10.2 Å². The van der Waals surface area contributed by atoms with E-state index in [0.717, 1.165) is 18.7 Å². The van der Waals surface area contributed by atoms with Crippen LogP contribution in [0.15, 0.2) is 18.2 Å². The van der Waals surface area contributed by atoms with Crippen molar-refractivity contribution in [3.63, 3.8) is 0 Å². The number of carbonyl (C=O) groups is 1. The first kappa shape index (κ1) is 18.0. The third-order valence-corrected chi connectivity index (χ3v) is 5.52. The summed E-state index contributed by atoms with van der Waals surface area (Å²) in [5, 5.41) is 3.27. The third-order valence-electron chi connectivity index (χ3n) is 4.34. The highest BCUT2D eigenvalue weighted by Gasteiger charge is 2.29. The Morgan fingerprint density at radius 3 is 2.70 bits per heavy atom. The van der Waals surface area contributed by atoms with E-state index < -0.39 is 10.0 Å². The second-order valence-electron chi connectivity index (χ2n) is 5.98. The van der Waals surface area contributed by atoms with Gasteiger partial charge in [0.1, 0.15) is 0 Å². The van der Waals surface area contributed by atoms with Crippen LogP contribution >= 0.6 is 12.4 Å². The van der Waals surface area contributed by atoms with Gasteiger partial charge in [0.2, 0.25) is 10.0 Å². The second kappa shape index (κ2) is 6.67. The number of carbonyl (C=O) groups excluding carboxylic acids is 1. The molecule has 128 valence electrons. The predicted octanol–water partition coefficient (Wildman–Crippen LogP) is 0.864. The van der Waals surface area contributed by atoms with Crippen LogP contribution in [0, 0.1) is 0 Å². The van der Waals surface area contributed by atoms with Crippen LogP contribution in [-0.4, -0.2) is 57.7 Å². The van der Waals surface area contributed by atoms with Gasteiger partial charge in [-0.15, -0.1) is 12.4 Å². The fourth-order valence-electron chi connectivity index (χ4n) is 3.16. The summed E-state index contributed by atoms with van der Waals surface area (Å²) in [5.41, 5.74) is 2.27. The van der Waals surface area contributed by atoms with E-state index in [1.807, 2.05) is 17.9 Å². The highest BCUT2D eigenvalue weighted by molar-refractivity contribution is 7.92. The molecule has 1 aromatic rings. The van der Waals surface area contributed by atoms with Crippen molar-refractivity contribution in [2.75, 3.05) is 36.7 Å². The van der Waals surface area contributed by atoms with Crippen LogP contribution in [0.5, 0.6) is 0 Å². The van der Waals surface area contributed by atoms with Crippen molar-refractivity contribution in [3.8, 4) is 0 Å². The van der Waals surface area contributed by atoms with Crippen LogP contribution in [0.2, 0.25) is 0 Å². The molecule has 0 unspecified atom stereocenters. The Bertz CT molecular complexity index is 708. The Balaban J connectivity index is 0.00000192. The van der Waals surface area contributed by atoms with Crippen LogP contribution in [0.4, 0.5) is 5.69 Å². The molecule has 0 bridgehead atoms. The monoisotopic (exact) mass is 359 g/mol. The molecule has 1 fully saturated rings. The zero-order chi connectivity index (χ0) is 15.9. The Kier molecular flexibility index (Phi) is 5.23. The molecule has 2 heterocycles. The van der Waals surface area contributed by atoms with E-state index in [4.69, 9.17) is 0 Å². The van der Waals surface area contributed by atoms with Gasteiger partial charge in [-0.25, -0.2) is 8.42 Å². The molecule has 3 rings (SSSR count). The summed E-state index contributed by atoms with van der Waals surface area (Å²) < 4.78 is 24.9. The minimum Gasteiger partial charge on any atom is -0.333 e. The lowest BCUT2D eigenvalue weighted by Gasteiger charge is -2.34. The van der Waals surface area contributed by atoms with Gasteiger partial charge in [-0.2, -0.15) is 0 Å². The maximum atomic E-state index is 12.7. The molecule has 6 nitrogen and oxygen atoms in total. The molecule has 0 saturated carbocycles. The number of nitrogens with zero attached hydrogens (tertiary/aromatic N) is 2. The molecule has 1 amide bonds. The first-order valence-corrected chi connectivity index (χ1v) is 9.35. The van der Waals surface area contributed by atoms with E-state index >= 15 is 0 Å². The summed E-state index contributed by atoms with van der Waals surface area (Å²) in [6.45, 7) is 4.80. The molecule has 0 aliphatic carbocycles. The number of anilines is 1. The summed E-state index contributed by atoms with van der Waals surface area (Å²) >= 11 is 0. The zero-order valence-corrected chi connectivity index (χ0v) is 14.9. The van der Waals surface area contributed by atoms with Crippen molar-refractivity contribution >= 4 is 34.0 Å². The van der Waals surface area contributed by atoms with Crippen molar-refractivity contribution in [1.29, 1.82) is 0 Å². The topological polar surface area (TPSA) is 69.7 Å². The lowest BCUT2D eigenvalue weighted by atomic mass is 10.1. The van der Waals surface area contributed by atoms with Gasteiger partial charge in [-0.1, -0.05) is 0 Å². The van der Waals surface area contributed by atoms with Gasteiger partial charge in [0, 0.05) is 37.8 Å². The molecule has 2 aliphatic heterocycles. The van der Waals surface area contributed by atoms with Gasteiger partial charge in [0.15, 0.2) is 0 Å². The minimum absolute atomic E-state index is 0. The van der Waals surface area contributed by atoms with Gasteiger partial charge in [-0.05, 0) is 37.1 Å². The number of hydrogen-bond acceptors (Lipinski definition) is 4. The number of nitrogens with one attached hydrogen (secondary N) is 1. The molecular formula is C15H22ClN3O3S. The maximum absolute atomic E-state index is 12.7. The van der Waals surface area contributed by atoms with Gasteiger partial charge in [-0.3, -0.25) is 9.10 Å². The number of halogens is 1. The molecule has 0 spiro atoms. The van der Waals surface area contributed by atoms with Crippen molar-refractivity contribution in [1.82, 2.24) is 10.2 Å². The molecule has 0 aromatic heterocycles. The summed E-state index contributed by atoms with van der Waals surface area (Å²) in [6, 6.07) is 5.50. The molecule has 1 atom stereocenters. The molecule has 1 aromatic carbocycles.